The van der Waals surface area contributed by atoms with Crippen LogP contribution in [0.4, 0.5) is 0 Å². The van der Waals surface area contributed by atoms with Crippen molar-refractivity contribution < 1.29 is 0 Å². The minimum atomic E-state index is 0.421. The molecule has 0 aliphatic rings. The molecule has 0 fully saturated rings. The number of aromatic nitrogens is 3. The summed E-state index contributed by atoms with van der Waals surface area (Å²) in [6.07, 6.45) is 0. The molecule has 2 rings (SSSR count). The van der Waals surface area contributed by atoms with Gasteiger partial charge in [-0.25, -0.2) is 0 Å². The number of nitrogens with zero attached hydrogens (tertiary/aromatic N) is 3. The SMILES string of the molecule is Cc1cc(C)cc(-c2nnc(CN)n2CC(C)C)c1. The third kappa shape index (κ3) is 3.01. The quantitative estimate of drug-likeness (QED) is 0.917. The standard InChI is InChI=1S/C15H22N4/c1-10(2)9-19-14(8-16)17-18-15(19)13-6-11(3)5-12(4)7-13/h5-7,10H,8-9,16H2,1-4H3. The Morgan fingerprint density at radius 3 is 2.26 bits per heavy atom. The fourth-order valence-electron chi connectivity index (χ4n) is 2.36. The largest absolute Gasteiger partial charge is 0.324 e. The second-order valence-corrected chi connectivity index (χ2v) is 5.52. The van der Waals surface area contributed by atoms with Crippen LogP contribution in [-0.4, -0.2) is 14.8 Å². The van der Waals surface area contributed by atoms with Gasteiger partial charge >= 0.3 is 0 Å². The summed E-state index contributed by atoms with van der Waals surface area (Å²) in [5.74, 6) is 2.30. The molecule has 0 atom stereocenters. The number of aryl methyl sites for hydroxylation is 2. The monoisotopic (exact) mass is 258 g/mol. The van der Waals surface area contributed by atoms with Crippen LogP contribution in [0.15, 0.2) is 18.2 Å². The van der Waals surface area contributed by atoms with Gasteiger partial charge in [0, 0.05) is 12.1 Å². The van der Waals surface area contributed by atoms with Crippen LogP contribution < -0.4 is 5.73 Å². The Kier molecular flexibility index (Phi) is 4.00. The van der Waals surface area contributed by atoms with Gasteiger partial charge in [0.15, 0.2) is 5.82 Å². The van der Waals surface area contributed by atoms with Crippen molar-refractivity contribution in [3.63, 3.8) is 0 Å². The molecule has 0 bridgehead atoms. The van der Waals surface area contributed by atoms with Gasteiger partial charge in [-0.2, -0.15) is 0 Å². The smallest absolute Gasteiger partial charge is 0.164 e. The second kappa shape index (κ2) is 5.53. The number of nitrogens with two attached hydrogens (primary N) is 1. The van der Waals surface area contributed by atoms with Crippen LogP contribution in [0.1, 0.15) is 30.8 Å². The van der Waals surface area contributed by atoms with E-state index in [-0.39, 0.29) is 0 Å². The van der Waals surface area contributed by atoms with E-state index in [0.29, 0.717) is 12.5 Å². The minimum absolute atomic E-state index is 0.421. The Morgan fingerprint density at radius 2 is 1.74 bits per heavy atom. The van der Waals surface area contributed by atoms with Crippen LogP contribution in [0.5, 0.6) is 0 Å². The van der Waals surface area contributed by atoms with Gasteiger partial charge in [0.2, 0.25) is 0 Å². The van der Waals surface area contributed by atoms with Crippen LogP contribution in [0, 0.1) is 19.8 Å². The molecule has 4 heteroatoms. The molecule has 102 valence electrons. The van der Waals surface area contributed by atoms with Crippen molar-refractivity contribution in [1.82, 2.24) is 14.8 Å². The number of hydrogen-bond donors (Lipinski definition) is 1. The average molecular weight is 258 g/mol. The summed E-state index contributed by atoms with van der Waals surface area (Å²) in [6.45, 7) is 9.89. The fraction of sp³-hybridized carbons (Fsp3) is 0.467. The highest BCUT2D eigenvalue weighted by Crippen LogP contribution is 2.22. The summed E-state index contributed by atoms with van der Waals surface area (Å²) in [5, 5.41) is 8.54. The first-order chi connectivity index (χ1) is 9.01. The molecule has 1 heterocycles. The Balaban J connectivity index is 2.51. The van der Waals surface area contributed by atoms with Crippen LogP contribution in [0.2, 0.25) is 0 Å². The molecule has 0 saturated carbocycles. The maximum Gasteiger partial charge on any atom is 0.164 e. The predicted molar refractivity (Wildman–Crippen MR) is 77.7 cm³/mol. The Morgan fingerprint density at radius 1 is 1.11 bits per heavy atom. The van der Waals surface area contributed by atoms with Crippen LogP contribution in [0.3, 0.4) is 0 Å². The number of benzene rings is 1. The topological polar surface area (TPSA) is 56.7 Å². The van der Waals surface area contributed by atoms with Gasteiger partial charge in [-0.1, -0.05) is 31.0 Å². The first kappa shape index (κ1) is 13.7. The lowest BCUT2D eigenvalue weighted by Crippen LogP contribution is -2.13. The van der Waals surface area contributed by atoms with Gasteiger partial charge in [0.1, 0.15) is 5.82 Å². The van der Waals surface area contributed by atoms with Crippen LogP contribution in [-0.2, 0) is 13.1 Å². The lowest BCUT2D eigenvalue weighted by molar-refractivity contribution is 0.510. The van der Waals surface area contributed by atoms with E-state index in [1.165, 1.54) is 11.1 Å². The summed E-state index contributed by atoms with van der Waals surface area (Å²) < 4.78 is 2.14. The van der Waals surface area contributed by atoms with Gasteiger partial charge in [0.25, 0.3) is 0 Å². The van der Waals surface area contributed by atoms with E-state index in [2.05, 4.69) is 60.7 Å². The van der Waals surface area contributed by atoms with E-state index in [9.17, 15) is 0 Å². The molecule has 0 radical (unpaired) electrons. The molecule has 1 aromatic heterocycles. The molecule has 2 aromatic rings. The van der Waals surface area contributed by atoms with Gasteiger partial charge in [-0.15, -0.1) is 10.2 Å². The minimum Gasteiger partial charge on any atom is -0.324 e. The van der Waals surface area contributed by atoms with Crippen molar-refractivity contribution in [1.29, 1.82) is 0 Å². The second-order valence-electron chi connectivity index (χ2n) is 5.52. The zero-order chi connectivity index (χ0) is 14.0. The Bertz CT molecular complexity index is 549. The third-order valence-corrected chi connectivity index (χ3v) is 3.04. The maximum atomic E-state index is 5.75. The molecule has 0 aliphatic heterocycles. The van der Waals surface area contributed by atoms with Crippen molar-refractivity contribution >= 4 is 0 Å². The van der Waals surface area contributed by atoms with Crippen molar-refractivity contribution in [3.05, 3.63) is 35.2 Å². The third-order valence-electron chi connectivity index (χ3n) is 3.04. The summed E-state index contributed by atoms with van der Waals surface area (Å²) in [5.41, 5.74) is 9.35. The van der Waals surface area contributed by atoms with E-state index in [4.69, 9.17) is 5.73 Å². The zero-order valence-corrected chi connectivity index (χ0v) is 12.1. The maximum absolute atomic E-state index is 5.75. The molecule has 0 unspecified atom stereocenters. The van der Waals surface area contributed by atoms with Crippen molar-refractivity contribution in [2.24, 2.45) is 11.7 Å². The first-order valence-electron chi connectivity index (χ1n) is 6.72. The lowest BCUT2D eigenvalue weighted by Gasteiger charge is -2.12. The highest BCUT2D eigenvalue weighted by Gasteiger charge is 2.14. The molecule has 0 amide bonds. The first-order valence-corrected chi connectivity index (χ1v) is 6.72. The predicted octanol–water partition coefficient (Wildman–Crippen LogP) is 2.68. The van der Waals surface area contributed by atoms with E-state index in [0.717, 1.165) is 23.8 Å². The molecule has 0 aliphatic carbocycles. The molecule has 0 saturated heterocycles. The Labute approximate surface area is 114 Å². The van der Waals surface area contributed by atoms with E-state index in [1.807, 2.05) is 0 Å². The summed E-state index contributed by atoms with van der Waals surface area (Å²) >= 11 is 0. The Hall–Kier alpha value is -1.68. The molecule has 2 N–H and O–H groups in total. The summed E-state index contributed by atoms with van der Waals surface area (Å²) in [4.78, 5) is 0. The molecule has 1 aromatic carbocycles. The van der Waals surface area contributed by atoms with Gasteiger partial charge in [-0.05, 0) is 31.9 Å². The fourth-order valence-corrected chi connectivity index (χ4v) is 2.36. The van der Waals surface area contributed by atoms with E-state index >= 15 is 0 Å². The molecule has 4 nitrogen and oxygen atoms in total. The molecule has 19 heavy (non-hydrogen) atoms. The van der Waals surface area contributed by atoms with Crippen molar-refractivity contribution in [2.45, 2.75) is 40.8 Å². The molecular formula is C15H22N4. The van der Waals surface area contributed by atoms with Crippen molar-refractivity contribution in [2.75, 3.05) is 0 Å². The van der Waals surface area contributed by atoms with Crippen LogP contribution >= 0.6 is 0 Å². The highest BCUT2D eigenvalue weighted by molar-refractivity contribution is 5.58. The highest BCUT2D eigenvalue weighted by atomic mass is 15.3. The number of hydrogen-bond acceptors (Lipinski definition) is 3. The lowest BCUT2D eigenvalue weighted by atomic mass is 10.1. The molecule has 0 spiro atoms. The summed E-state index contributed by atoms with van der Waals surface area (Å²) in [7, 11) is 0. The van der Waals surface area contributed by atoms with Crippen molar-refractivity contribution in [3.8, 4) is 11.4 Å². The average Bonchev–Trinajstić information content (AvgIpc) is 2.69. The van der Waals surface area contributed by atoms with Gasteiger partial charge < -0.3 is 10.3 Å². The van der Waals surface area contributed by atoms with Crippen LogP contribution in [0.25, 0.3) is 11.4 Å². The van der Waals surface area contributed by atoms with E-state index < -0.39 is 0 Å². The zero-order valence-electron chi connectivity index (χ0n) is 12.1. The molecular weight excluding hydrogens is 236 g/mol. The normalized spacial score (nSPS) is 11.3. The van der Waals surface area contributed by atoms with Gasteiger partial charge in [0.05, 0.1) is 6.54 Å². The van der Waals surface area contributed by atoms with Gasteiger partial charge in [-0.3, -0.25) is 0 Å². The van der Waals surface area contributed by atoms with E-state index in [1.54, 1.807) is 0 Å². The summed E-state index contributed by atoms with van der Waals surface area (Å²) in [6, 6.07) is 6.46. The number of rotatable bonds is 4.